The zero-order chi connectivity index (χ0) is 12.7. The first-order valence-electron chi connectivity index (χ1n) is 6.45. The van der Waals surface area contributed by atoms with Crippen LogP contribution in [0.4, 0.5) is 0 Å². The molecule has 0 radical (unpaired) electrons. The van der Waals surface area contributed by atoms with Gasteiger partial charge in [-0.15, -0.1) is 0 Å². The molecule has 0 atom stereocenters. The van der Waals surface area contributed by atoms with Crippen LogP contribution in [0.3, 0.4) is 0 Å². The number of hydrogen-bond acceptors (Lipinski definition) is 2. The van der Waals surface area contributed by atoms with Gasteiger partial charge in [0.15, 0.2) is 5.78 Å². The van der Waals surface area contributed by atoms with E-state index >= 15 is 0 Å². The SMILES string of the molecule is CCCCCCC(=O)c1c(Br)cnn1CCC. The summed E-state index contributed by atoms with van der Waals surface area (Å²) in [4.78, 5) is 12.1. The van der Waals surface area contributed by atoms with Gasteiger partial charge in [-0.25, -0.2) is 0 Å². The monoisotopic (exact) mass is 300 g/mol. The molecule has 0 spiro atoms. The second kappa shape index (κ2) is 7.64. The molecular weight excluding hydrogens is 280 g/mol. The van der Waals surface area contributed by atoms with Crippen LogP contribution in [0.2, 0.25) is 0 Å². The lowest BCUT2D eigenvalue weighted by Gasteiger charge is -2.05. The van der Waals surface area contributed by atoms with Crippen molar-refractivity contribution in [1.82, 2.24) is 9.78 Å². The first-order chi connectivity index (χ1) is 8.20. The highest BCUT2D eigenvalue weighted by Gasteiger charge is 2.15. The zero-order valence-electron chi connectivity index (χ0n) is 10.7. The van der Waals surface area contributed by atoms with Gasteiger partial charge < -0.3 is 0 Å². The molecule has 1 rings (SSSR count). The molecule has 0 saturated heterocycles. The van der Waals surface area contributed by atoms with Crippen molar-refractivity contribution in [2.24, 2.45) is 0 Å². The Balaban J connectivity index is 2.58. The summed E-state index contributed by atoms with van der Waals surface area (Å²) in [5.74, 6) is 0.207. The number of carbonyl (C=O) groups is 1. The van der Waals surface area contributed by atoms with Crippen LogP contribution in [0.1, 0.15) is 62.9 Å². The maximum Gasteiger partial charge on any atom is 0.182 e. The largest absolute Gasteiger partial charge is 0.292 e. The van der Waals surface area contributed by atoms with E-state index in [1.54, 1.807) is 6.20 Å². The number of aromatic nitrogens is 2. The number of nitrogens with zero attached hydrogens (tertiary/aromatic N) is 2. The van der Waals surface area contributed by atoms with Crippen LogP contribution < -0.4 is 0 Å². The maximum absolute atomic E-state index is 12.1. The normalized spacial score (nSPS) is 10.8. The van der Waals surface area contributed by atoms with E-state index in [-0.39, 0.29) is 5.78 Å². The van der Waals surface area contributed by atoms with Crippen LogP contribution in [0.25, 0.3) is 0 Å². The quantitative estimate of drug-likeness (QED) is 0.532. The number of ketones is 1. The molecule has 0 fully saturated rings. The van der Waals surface area contributed by atoms with Crippen molar-refractivity contribution in [3.05, 3.63) is 16.4 Å². The van der Waals surface area contributed by atoms with Gasteiger partial charge in [-0.3, -0.25) is 9.48 Å². The van der Waals surface area contributed by atoms with Crippen LogP contribution in [0.15, 0.2) is 10.7 Å². The van der Waals surface area contributed by atoms with Crippen molar-refractivity contribution < 1.29 is 4.79 Å². The van der Waals surface area contributed by atoms with Gasteiger partial charge in [0, 0.05) is 13.0 Å². The topological polar surface area (TPSA) is 34.9 Å². The summed E-state index contributed by atoms with van der Waals surface area (Å²) in [7, 11) is 0. The van der Waals surface area contributed by atoms with Crippen LogP contribution >= 0.6 is 15.9 Å². The predicted molar refractivity (Wildman–Crippen MR) is 73.3 cm³/mol. The van der Waals surface area contributed by atoms with Crippen LogP contribution in [0.5, 0.6) is 0 Å². The van der Waals surface area contributed by atoms with Gasteiger partial charge in [-0.05, 0) is 28.8 Å². The Morgan fingerprint density at radius 3 is 2.71 bits per heavy atom. The van der Waals surface area contributed by atoms with Gasteiger partial charge in [-0.2, -0.15) is 5.10 Å². The summed E-state index contributed by atoms with van der Waals surface area (Å²) in [6.45, 7) is 5.07. The Bertz CT molecular complexity index is 360. The number of halogens is 1. The Kier molecular flexibility index (Phi) is 6.48. The molecule has 0 N–H and O–H groups in total. The number of aryl methyl sites for hydroxylation is 1. The highest BCUT2D eigenvalue weighted by molar-refractivity contribution is 9.10. The van der Waals surface area contributed by atoms with Crippen molar-refractivity contribution >= 4 is 21.7 Å². The Hall–Kier alpha value is -0.640. The lowest BCUT2D eigenvalue weighted by Crippen LogP contribution is -2.11. The van der Waals surface area contributed by atoms with Crippen molar-refractivity contribution in [3.63, 3.8) is 0 Å². The van der Waals surface area contributed by atoms with Gasteiger partial charge in [0.1, 0.15) is 5.69 Å². The molecule has 0 amide bonds. The van der Waals surface area contributed by atoms with E-state index in [2.05, 4.69) is 34.9 Å². The molecule has 0 aromatic carbocycles. The van der Waals surface area contributed by atoms with Crippen LogP contribution in [-0.4, -0.2) is 15.6 Å². The first-order valence-corrected chi connectivity index (χ1v) is 7.24. The summed E-state index contributed by atoms with van der Waals surface area (Å²) < 4.78 is 2.64. The minimum Gasteiger partial charge on any atom is -0.292 e. The molecule has 0 aliphatic rings. The van der Waals surface area contributed by atoms with Crippen LogP contribution in [-0.2, 0) is 6.54 Å². The Morgan fingerprint density at radius 2 is 2.06 bits per heavy atom. The van der Waals surface area contributed by atoms with Crippen molar-refractivity contribution in [3.8, 4) is 0 Å². The minimum atomic E-state index is 0.207. The van der Waals surface area contributed by atoms with E-state index < -0.39 is 0 Å². The number of rotatable bonds is 8. The summed E-state index contributed by atoms with van der Waals surface area (Å²) in [5, 5.41) is 4.22. The highest BCUT2D eigenvalue weighted by atomic mass is 79.9. The average Bonchev–Trinajstić information content (AvgIpc) is 2.66. The van der Waals surface area contributed by atoms with Crippen molar-refractivity contribution in [1.29, 1.82) is 0 Å². The molecule has 0 aliphatic carbocycles. The molecule has 0 unspecified atom stereocenters. The van der Waals surface area contributed by atoms with Crippen molar-refractivity contribution in [2.45, 2.75) is 58.9 Å². The van der Waals surface area contributed by atoms with E-state index in [1.807, 2.05) is 4.68 Å². The summed E-state index contributed by atoms with van der Waals surface area (Å²) in [6, 6.07) is 0. The fourth-order valence-electron chi connectivity index (χ4n) is 1.85. The molecule has 96 valence electrons. The minimum absolute atomic E-state index is 0.207. The standard InChI is InChI=1S/C13H21BrN2O/c1-3-5-6-7-8-12(17)13-11(14)10-15-16(13)9-4-2/h10H,3-9H2,1-2H3. The van der Waals surface area contributed by atoms with Gasteiger partial charge in [0.05, 0.1) is 10.7 Å². The van der Waals surface area contributed by atoms with Gasteiger partial charge in [0.2, 0.25) is 0 Å². The third-order valence-corrected chi connectivity index (χ3v) is 3.33. The molecule has 1 heterocycles. The van der Waals surface area contributed by atoms with Gasteiger partial charge in [-0.1, -0.05) is 33.1 Å². The summed E-state index contributed by atoms with van der Waals surface area (Å²) in [5.41, 5.74) is 0.739. The molecule has 17 heavy (non-hydrogen) atoms. The van der Waals surface area contributed by atoms with E-state index in [1.165, 1.54) is 12.8 Å². The highest BCUT2D eigenvalue weighted by Crippen LogP contribution is 2.19. The second-order valence-corrected chi connectivity index (χ2v) is 5.15. The second-order valence-electron chi connectivity index (χ2n) is 4.30. The van der Waals surface area contributed by atoms with Crippen molar-refractivity contribution in [2.75, 3.05) is 0 Å². The molecule has 4 heteroatoms. The van der Waals surface area contributed by atoms with E-state index in [9.17, 15) is 4.79 Å². The average molecular weight is 301 g/mol. The fourth-order valence-corrected chi connectivity index (χ4v) is 2.37. The number of hydrogen-bond donors (Lipinski definition) is 0. The zero-order valence-corrected chi connectivity index (χ0v) is 12.3. The third-order valence-electron chi connectivity index (χ3n) is 2.75. The van der Waals surface area contributed by atoms with E-state index in [0.717, 1.165) is 36.0 Å². The van der Waals surface area contributed by atoms with Gasteiger partial charge in [0.25, 0.3) is 0 Å². The maximum atomic E-state index is 12.1. The number of unbranched alkanes of at least 4 members (excludes halogenated alkanes) is 3. The van der Waals surface area contributed by atoms with E-state index in [4.69, 9.17) is 0 Å². The fraction of sp³-hybridized carbons (Fsp3) is 0.692. The van der Waals surface area contributed by atoms with Gasteiger partial charge >= 0.3 is 0 Å². The third kappa shape index (κ3) is 4.26. The molecule has 1 aromatic rings. The molecular formula is C13H21BrN2O. The molecule has 0 bridgehead atoms. The molecule has 3 nitrogen and oxygen atoms in total. The smallest absolute Gasteiger partial charge is 0.182 e. The summed E-state index contributed by atoms with van der Waals surface area (Å²) >= 11 is 3.41. The lowest BCUT2D eigenvalue weighted by molar-refractivity contribution is 0.0967. The molecule has 0 aliphatic heterocycles. The first kappa shape index (κ1) is 14.4. The predicted octanol–water partition coefficient (Wildman–Crippen LogP) is 4.21. The lowest BCUT2D eigenvalue weighted by atomic mass is 10.1. The molecule has 0 saturated carbocycles. The Labute approximate surface area is 112 Å². The number of Topliss-reactive ketones (excluding diaryl/α,β-unsaturated/α-hetero) is 1. The van der Waals surface area contributed by atoms with Crippen LogP contribution in [0, 0.1) is 0 Å². The number of carbonyl (C=O) groups excluding carboxylic acids is 1. The Morgan fingerprint density at radius 1 is 1.29 bits per heavy atom. The molecule has 1 aromatic heterocycles. The van der Waals surface area contributed by atoms with E-state index in [0.29, 0.717) is 6.42 Å². The summed E-state index contributed by atoms with van der Waals surface area (Å²) in [6.07, 6.45) is 7.87.